The van der Waals surface area contributed by atoms with Gasteiger partial charge in [-0.15, -0.1) is 0 Å². The van der Waals surface area contributed by atoms with Gasteiger partial charge in [0.15, 0.2) is 0 Å². The molecule has 2 bridgehead atoms. The number of rotatable bonds is 7. The van der Waals surface area contributed by atoms with E-state index in [1.807, 2.05) is 0 Å². The summed E-state index contributed by atoms with van der Waals surface area (Å²) in [5.74, 6) is 4.28. The monoisotopic (exact) mass is 223 g/mol. The quantitative estimate of drug-likeness (QED) is 0.691. The van der Waals surface area contributed by atoms with Crippen molar-refractivity contribution < 1.29 is 0 Å². The molecule has 0 saturated heterocycles. The topological polar surface area (TPSA) is 12.0 Å². The van der Waals surface area contributed by atoms with Gasteiger partial charge in [-0.3, -0.25) is 0 Å². The summed E-state index contributed by atoms with van der Waals surface area (Å²) in [6, 6.07) is 0. The van der Waals surface area contributed by atoms with Crippen molar-refractivity contribution in [3.8, 4) is 0 Å². The number of fused-ring (bicyclic) bond motifs is 2. The molecule has 0 aliphatic heterocycles. The second-order valence-electron chi connectivity index (χ2n) is 6.13. The molecule has 0 spiro atoms. The largest absolute Gasteiger partial charge is 0.317 e. The van der Waals surface area contributed by atoms with Crippen LogP contribution < -0.4 is 5.32 Å². The number of hydrogen-bond acceptors (Lipinski definition) is 1. The van der Waals surface area contributed by atoms with E-state index in [1.54, 1.807) is 25.7 Å². The predicted molar refractivity (Wildman–Crippen MR) is 70.5 cm³/mol. The summed E-state index contributed by atoms with van der Waals surface area (Å²) in [4.78, 5) is 0. The first-order valence-corrected chi connectivity index (χ1v) is 7.54. The van der Waals surface area contributed by atoms with Crippen LogP contribution in [-0.2, 0) is 0 Å². The summed E-state index contributed by atoms with van der Waals surface area (Å²) in [7, 11) is 0. The molecule has 2 aliphatic rings. The number of hydrogen-bond donors (Lipinski definition) is 1. The average Bonchev–Trinajstić information content (AvgIpc) is 2.88. The summed E-state index contributed by atoms with van der Waals surface area (Å²) < 4.78 is 0. The Morgan fingerprint density at radius 3 is 2.62 bits per heavy atom. The van der Waals surface area contributed by atoms with Gasteiger partial charge in [0.05, 0.1) is 0 Å². The highest BCUT2D eigenvalue weighted by Gasteiger charge is 2.39. The van der Waals surface area contributed by atoms with Crippen molar-refractivity contribution in [2.24, 2.45) is 23.7 Å². The first-order valence-electron chi connectivity index (χ1n) is 7.54. The zero-order valence-corrected chi connectivity index (χ0v) is 11.2. The zero-order valence-electron chi connectivity index (χ0n) is 11.2. The van der Waals surface area contributed by atoms with Crippen molar-refractivity contribution in [1.29, 1.82) is 0 Å². The van der Waals surface area contributed by atoms with Crippen molar-refractivity contribution in [2.45, 2.75) is 58.8 Å². The Kier molecular flexibility index (Phi) is 4.69. The van der Waals surface area contributed by atoms with Crippen LogP contribution in [0.2, 0.25) is 0 Å². The molecule has 2 saturated carbocycles. The predicted octanol–water partition coefficient (Wildman–Crippen LogP) is 3.84. The molecular weight excluding hydrogens is 194 g/mol. The lowest BCUT2D eigenvalue weighted by atomic mass is 9.81. The van der Waals surface area contributed by atoms with Crippen LogP contribution in [0, 0.1) is 23.7 Å². The zero-order chi connectivity index (χ0) is 11.4. The summed E-state index contributed by atoms with van der Waals surface area (Å²) in [6.07, 6.45) is 10.5. The fourth-order valence-electron chi connectivity index (χ4n) is 4.15. The Morgan fingerprint density at radius 1 is 1.19 bits per heavy atom. The fourth-order valence-corrected chi connectivity index (χ4v) is 4.15. The van der Waals surface area contributed by atoms with E-state index in [-0.39, 0.29) is 0 Å². The Bertz CT molecular complexity index is 202. The first-order chi connectivity index (χ1) is 7.83. The highest BCUT2D eigenvalue weighted by molar-refractivity contribution is 4.90. The summed E-state index contributed by atoms with van der Waals surface area (Å²) >= 11 is 0. The van der Waals surface area contributed by atoms with Crippen molar-refractivity contribution in [3.63, 3.8) is 0 Å². The van der Waals surface area contributed by atoms with Crippen LogP contribution in [0.4, 0.5) is 0 Å². The van der Waals surface area contributed by atoms with E-state index < -0.39 is 0 Å². The van der Waals surface area contributed by atoms with Gasteiger partial charge in [-0.25, -0.2) is 0 Å². The van der Waals surface area contributed by atoms with Gasteiger partial charge in [-0.1, -0.05) is 26.7 Å². The third-order valence-corrected chi connectivity index (χ3v) is 4.90. The molecule has 1 nitrogen and oxygen atoms in total. The van der Waals surface area contributed by atoms with E-state index in [1.165, 1.54) is 25.8 Å². The third kappa shape index (κ3) is 3.00. The van der Waals surface area contributed by atoms with Crippen molar-refractivity contribution in [3.05, 3.63) is 0 Å². The van der Waals surface area contributed by atoms with Crippen molar-refractivity contribution >= 4 is 0 Å². The molecule has 1 heteroatoms. The van der Waals surface area contributed by atoms with Crippen LogP contribution in [0.5, 0.6) is 0 Å². The molecule has 0 aromatic carbocycles. The molecular formula is C15H29N. The van der Waals surface area contributed by atoms with Crippen LogP contribution >= 0.6 is 0 Å². The molecule has 0 heterocycles. The maximum Gasteiger partial charge on any atom is -0.00205 e. The van der Waals surface area contributed by atoms with Gasteiger partial charge in [0.25, 0.3) is 0 Å². The van der Waals surface area contributed by atoms with Gasteiger partial charge in [-0.2, -0.15) is 0 Å². The molecule has 0 aromatic rings. The lowest BCUT2D eigenvalue weighted by molar-refractivity contribution is 0.255. The second-order valence-corrected chi connectivity index (χ2v) is 6.13. The van der Waals surface area contributed by atoms with Gasteiger partial charge in [0.2, 0.25) is 0 Å². The fraction of sp³-hybridized carbons (Fsp3) is 1.00. The van der Waals surface area contributed by atoms with Crippen LogP contribution in [0.15, 0.2) is 0 Å². The lowest BCUT2D eigenvalue weighted by Gasteiger charge is -2.26. The molecule has 0 aromatic heterocycles. The van der Waals surface area contributed by atoms with Gasteiger partial charge < -0.3 is 5.32 Å². The smallest absolute Gasteiger partial charge is 0.00205 e. The molecule has 0 amide bonds. The van der Waals surface area contributed by atoms with Gasteiger partial charge in [0.1, 0.15) is 0 Å². The highest BCUT2D eigenvalue weighted by Crippen LogP contribution is 2.50. The maximum absolute atomic E-state index is 3.55. The average molecular weight is 223 g/mol. The standard InChI is InChI=1S/C15H29N/c1-3-5-13(11-16-4-2)10-15-9-12-6-7-14(15)8-12/h12-16H,3-11H2,1-2H3. The van der Waals surface area contributed by atoms with Gasteiger partial charge in [0, 0.05) is 0 Å². The Hall–Kier alpha value is -0.0400. The summed E-state index contributed by atoms with van der Waals surface area (Å²) in [6.45, 7) is 6.95. The molecule has 1 N–H and O–H groups in total. The second kappa shape index (κ2) is 6.05. The molecule has 94 valence electrons. The van der Waals surface area contributed by atoms with E-state index in [2.05, 4.69) is 19.2 Å². The normalized spacial score (nSPS) is 34.5. The SMILES string of the molecule is CCCC(CNCC)CC1CC2CCC1C2. The molecule has 0 radical (unpaired) electrons. The summed E-state index contributed by atoms with van der Waals surface area (Å²) in [5, 5.41) is 3.55. The van der Waals surface area contributed by atoms with E-state index in [0.29, 0.717) is 0 Å². The Morgan fingerprint density at radius 2 is 2.06 bits per heavy atom. The van der Waals surface area contributed by atoms with E-state index in [0.717, 1.165) is 30.2 Å². The van der Waals surface area contributed by atoms with Crippen LogP contribution in [0.1, 0.15) is 58.8 Å². The van der Waals surface area contributed by atoms with E-state index >= 15 is 0 Å². The highest BCUT2D eigenvalue weighted by atomic mass is 14.8. The minimum Gasteiger partial charge on any atom is -0.317 e. The Labute approximate surface area is 101 Å². The molecule has 4 atom stereocenters. The van der Waals surface area contributed by atoms with Gasteiger partial charge in [-0.05, 0) is 68.9 Å². The van der Waals surface area contributed by atoms with E-state index in [4.69, 9.17) is 0 Å². The van der Waals surface area contributed by atoms with Crippen molar-refractivity contribution in [2.75, 3.05) is 13.1 Å². The first kappa shape index (κ1) is 12.4. The third-order valence-electron chi connectivity index (χ3n) is 4.90. The molecule has 2 rings (SSSR count). The minimum absolute atomic E-state index is 0.953. The summed E-state index contributed by atoms with van der Waals surface area (Å²) in [5.41, 5.74) is 0. The molecule has 4 unspecified atom stereocenters. The lowest BCUT2D eigenvalue weighted by Crippen LogP contribution is -2.25. The molecule has 2 aliphatic carbocycles. The van der Waals surface area contributed by atoms with Gasteiger partial charge >= 0.3 is 0 Å². The minimum atomic E-state index is 0.953. The van der Waals surface area contributed by atoms with Crippen LogP contribution in [-0.4, -0.2) is 13.1 Å². The molecule has 16 heavy (non-hydrogen) atoms. The Balaban J connectivity index is 1.76. The van der Waals surface area contributed by atoms with E-state index in [9.17, 15) is 0 Å². The molecule has 2 fully saturated rings. The van der Waals surface area contributed by atoms with Crippen LogP contribution in [0.3, 0.4) is 0 Å². The maximum atomic E-state index is 3.55. The van der Waals surface area contributed by atoms with Crippen LogP contribution in [0.25, 0.3) is 0 Å². The number of nitrogens with one attached hydrogen (secondary N) is 1. The van der Waals surface area contributed by atoms with Crippen molar-refractivity contribution in [1.82, 2.24) is 5.32 Å².